The number of amides is 2. The number of thiocarbonyl (C=S) groups is 1. The number of nitrogens with one attached hydrogen (secondary N) is 1. The van der Waals surface area contributed by atoms with Gasteiger partial charge >= 0.3 is 6.03 Å². The Morgan fingerprint density at radius 1 is 1.67 bits per heavy atom. The Balaban J connectivity index is 3.64. The summed E-state index contributed by atoms with van der Waals surface area (Å²) in [5, 5.41) is 2.56. The number of hydrogen-bond acceptors (Lipinski definition) is 2. The monoisotopic (exact) mass is 147 g/mol. The zero-order valence-corrected chi connectivity index (χ0v) is 6.16. The van der Waals surface area contributed by atoms with Gasteiger partial charge < -0.3 is 10.6 Å². The molecule has 0 spiro atoms. The molecule has 0 fully saturated rings. The average Bonchev–Trinajstić information content (AvgIpc) is 1.63. The molecule has 0 saturated carbocycles. The van der Waals surface area contributed by atoms with E-state index in [1.165, 1.54) is 0 Å². The normalized spacial score (nSPS) is 8.22. The zero-order valence-electron chi connectivity index (χ0n) is 5.34. The molecule has 3 N–H and O–H groups in total. The van der Waals surface area contributed by atoms with Gasteiger partial charge in [0.05, 0.1) is 0 Å². The predicted molar refractivity (Wildman–Crippen MR) is 39.0 cm³/mol. The van der Waals surface area contributed by atoms with Gasteiger partial charge in [-0.3, -0.25) is 5.32 Å². The third-order valence-corrected chi connectivity index (χ3v) is 1.10. The highest BCUT2D eigenvalue weighted by atomic mass is 32.1. The lowest BCUT2D eigenvalue weighted by molar-refractivity contribution is 0.252. The molecule has 0 aromatic heterocycles. The van der Waals surface area contributed by atoms with E-state index in [0.29, 0.717) is 5.11 Å². The minimum absolute atomic E-state index is 0.322. The van der Waals surface area contributed by atoms with Gasteiger partial charge in [-0.15, -0.1) is 0 Å². The van der Waals surface area contributed by atoms with Crippen LogP contribution in [0, 0.1) is 0 Å². The summed E-state index contributed by atoms with van der Waals surface area (Å²) in [5.41, 5.74) is 4.77. The first kappa shape index (κ1) is 8.16. The molecule has 0 bridgehead atoms. The first-order valence-corrected chi connectivity index (χ1v) is 2.72. The quantitative estimate of drug-likeness (QED) is 0.454. The van der Waals surface area contributed by atoms with E-state index in [9.17, 15) is 4.79 Å². The highest BCUT2D eigenvalue weighted by Gasteiger charge is 1.98. The van der Waals surface area contributed by atoms with Gasteiger partial charge in [-0.25, -0.2) is 4.79 Å². The van der Waals surface area contributed by atoms with Crippen LogP contribution in [-0.2, 0) is 0 Å². The average molecular weight is 147 g/mol. The molecule has 0 aromatic rings. The molecular weight excluding hydrogens is 138 g/mol. The Morgan fingerprint density at radius 2 is 2.11 bits per heavy atom. The molecule has 0 aromatic carbocycles. The van der Waals surface area contributed by atoms with Crippen molar-refractivity contribution >= 4 is 23.4 Å². The molecule has 0 atom stereocenters. The van der Waals surface area contributed by atoms with Crippen molar-refractivity contribution in [2.45, 2.75) is 0 Å². The standard InChI is InChI=1S/C4H9N3OS/c1-7(2)4(9)6-3(5)8/h1-2H3,(H3,5,6,8,9). The second kappa shape index (κ2) is 3.24. The van der Waals surface area contributed by atoms with Crippen LogP contribution in [0.15, 0.2) is 0 Å². The number of carbonyl (C=O) groups is 1. The van der Waals surface area contributed by atoms with Crippen LogP contribution >= 0.6 is 12.2 Å². The van der Waals surface area contributed by atoms with Crippen molar-refractivity contribution in [3.8, 4) is 0 Å². The fourth-order valence-electron chi connectivity index (χ4n) is 0.217. The minimum atomic E-state index is -0.631. The van der Waals surface area contributed by atoms with Crippen LogP contribution in [0.4, 0.5) is 4.79 Å². The summed E-state index contributed by atoms with van der Waals surface area (Å²) in [4.78, 5) is 11.7. The van der Waals surface area contributed by atoms with Crippen LogP contribution in [-0.4, -0.2) is 30.1 Å². The number of hydrogen-bond donors (Lipinski definition) is 2. The number of carbonyl (C=O) groups excluding carboxylic acids is 1. The molecule has 0 heterocycles. The maximum atomic E-state index is 10.1. The van der Waals surface area contributed by atoms with E-state index in [-0.39, 0.29) is 0 Å². The fraction of sp³-hybridized carbons (Fsp3) is 0.500. The molecular formula is C4H9N3OS. The van der Waals surface area contributed by atoms with Gasteiger partial charge in [-0.2, -0.15) is 0 Å². The van der Waals surface area contributed by atoms with E-state index < -0.39 is 6.03 Å². The van der Waals surface area contributed by atoms with Gasteiger partial charge in [0.1, 0.15) is 0 Å². The van der Waals surface area contributed by atoms with Crippen LogP contribution in [0.2, 0.25) is 0 Å². The van der Waals surface area contributed by atoms with E-state index in [2.05, 4.69) is 17.5 Å². The third-order valence-electron chi connectivity index (χ3n) is 0.636. The van der Waals surface area contributed by atoms with Crippen molar-refractivity contribution in [3.05, 3.63) is 0 Å². The van der Waals surface area contributed by atoms with E-state index >= 15 is 0 Å². The van der Waals surface area contributed by atoms with E-state index in [4.69, 9.17) is 5.73 Å². The Labute approximate surface area is 59.0 Å². The molecule has 0 saturated heterocycles. The molecule has 52 valence electrons. The lowest BCUT2D eigenvalue weighted by Gasteiger charge is -2.11. The second-order valence-electron chi connectivity index (χ2n) is 1.69. The minimum Gasteiger partial charge on any atom is -0.355 e. The summed E-state index contributed by atoms with van der Waals surface area (Å²) in [7, 11) is 3.44. The SMILES string of the molecule is CN(C)C(=S)NC(N)=O. The first-order chi connectivity index (χ1) is 4.04. The van der Waals surface area contributed by atoms with Crippen molar-refractivity contribution in [1.29, 1.82) is 0 Å². The number of primary amides is 1. The van der Waals surface area contributed by atoms with Crippen LogP contribution in [0.3, 0.4) is 0 Å². The van der Waals surface area contributed by atoms with Gasteiger partial charge in [-0.05, 0) is 12.2 Å². The van der Waals surface area contributed by atoms with E-state index in [1.54, 1.807) is 19.0 Å². The summed E-state index contributed by atoms with van der Waals surface area (Å²) in [5.74, 6) is 0. The van der Waals surface area contributed by atoms with Gasteiger partial charge in [0.15, 0.2) is 5.11 Å². The van der Waals surface area contributed by atoms with Gasteiger partial charge in [0.25, 0.3) is 0 Å². The van der Waals surface area contributed by atoms with Crippen LogP contribution in [0.5, 0.6) is 0 Å². The topological polar surface area (TPSA) is 58.4 Å². The Hall–Kier alpha value is -0.840. The van der Waals surface area contributed by atoms with E-state index in [1.807, 2.05) is 0 Å². The van der Waals surface area contributed by atoms with Crippen LogP contribution in [0.1, 0.15) is 0 Å². The predicted octanol–water partition coefficient (Wildman–Crippen LogP) is -0.499. The molecule has 0 rings (SSSR count). The smallest absolute Gasteiger partial charge is 0.318 e. The maximum absolute atomic E-state index is 10.1. The van der Waals surface area contributed by atoms with Gasteiger partial charge in [0, 0.05) is 14.1 Å². The Kier molecular flexibility index (Phi) is 2.94. The van der Waals surface area contributed by atoms with Gasteiger partial charge in [0.2, 0.25) is 0 Å². The Bertz CT molecular complexity index is 134. The molecule has 0 radical (unpaired) electrons. The van der Waals surface area contributed by atoms with Crippen molar-refractivity contribution in [3.63, 3.8) is 0 Å². The summed E-state index contributed by atoms with van der Waals surface area (Å²) in [6.45, 7) is 0. The number of rotatable bonds is 0. The molecule has 4 nitrogen and oxygen atoms in total. The molecule has 0 aliphatic heterocycles. The van der Waals surface area contributed by atoms with Crippen LogP contribution < -0.4 is 11.1 Å². The van der Waals surface area contributed by atoms with Crippen molar-refractivity contribution < 1.29 is 4.79 Å². The molecule has 0 aliphatic rings. The molecule has 2 amide bonds. The lowest BCUT2D eigenvalue weighted by atomic mass is 10.8. The molecule has 0 unspecified atom stereocenters. The molecule has 9 heavy (non-hydrogen) atoms. The number of urea groups is 1. The fourth-order valence-corrected chi connectivity index (χ4v) is 0.318. The van der Waals surface area contributed by atoms with Gasteiger partial charge in [-0.1, -0.05) is 0 Å². The lowest BCUT2D eigenvalue weighted by Crippen LogP contribution is -2.41. The highest BCUT2D eigenvalue weighted by Crippen LogP contribution is 1.75. The summed E-state index contributed by atoms with van der Waals surface area (Å²) in [6.07, 6.45) is 0. The summed E-state index contributed by atoms with van der Waals surface area (Å²) in [6, 6.07) is -0.631. The zero-order chi connectivity index (χ0) is 7.44. The van der Waals surface area contributed by atoms with Crippen molar-refractivity contribution in [2.75, 3.05) is 14.1 Å². The first-order valence-electron chi connectivity index (χ1n) is 2.31. The molecule has 0 aliphatic carbocycles. The maximum Gasteiger partial charge on any atom is 0.318 e. The van der Waals surface area contributed by atoms with Crippen LogP contribution in [0.25, 0.3) is 0 Å². The Morgan fingerprint density at radius 3 is 2.22 bits per heavy atom. The summed E-state index contributed by atoms with van der Waals surface area (Å²) < 4.78 is 0. The van der Waals surface area contributed by atoms with E-state index in [0.717, 1.165) is 0 Å². The van der Waals surface area contributed by atoms with Crippen molar-refractivity contribution in [1.82, 2.24) is 10.2 Å². The third kappa shape index (κ3) is 3.72. The van der Waals surface area contributed by atoms with Crippen molar-refractivity contribution in [2.24, 2.45) is 5.73 Å². The highest BCUT2D eigenvalue weighted by molar-refractivity contribution is 7.80. The second-order valence-corrected chi connectivity index (χ2v) is 2.08. The number of nitrogens with two attached hydrogens (primary N) is 1. The largest absolute Gasteiger partial charge is 0.355 e. The molecule has 5 heteroatoms. The summed E-state index contributed by atoms with van der Waals surface area (Å²) >= 11 is 4.67. The number of nitrogens with zero attached hydrogens (tertiary/aromatic N) is 1.